The molecule has 0 unspecified atom stereocenters. The second-order valence-electron chi connectivity index (χ2n) is 5.82. The average molecular weight is 353 g/mol. The maximum atomic E-state index is 13.8. The Morgan fingerprint density at radius 3 is 1.48 bits per heavy atom. The molecule has 0 fully saturated rings. The van der Waals surface area contributed by atoms with Crippen molar-refractivity contribution in [2.75, 3.05) is 0 Å². The predicted molar refractivity (Wildman–Crippen MR) is 99.7 cm³/mol. The van der Waals surface area contributed by atoms with Gasteiger partial charge in [0.2, 0.25) is 0 Å². The number of hydrogen-bond acceptors (Lipinski definition) is 4. The molecule has 5 heteroatoms. The molecule has 2 N–H and O–H groups in total. The minimum Gasteiger partial charge on any atom is -0.415 e. The van der Waals surface area contributed by atoms with Crippen LogP contribution in [0, 0.1) is 0 Å². The van der Waals surface area contributed by atoms with Crippen LogP contribution < -0.4 is 14.8 Å². The summed E-state index contributed by atoms with van der Waals surface area (Å²) in [7, 11) is -3.81. The zero-order valence-electron chi connectivity index (χ0n) is 13.9. The molecule has 0 spiro atoms. The number of benzene rings is 3. The molecule has 3 rings (SSSR count). The highest BCUT2D eigenvalue weighted by Crippen LogP contribution is 2.61. The molecule has 3 aromatic rings. The van der Waals surface area contributed by atoms with E-state index in [0.717, 1.165) is 0 Å². The lowest BCUT2D eigenvalue weighted by Crippen LogP contribution is -2.36. The fourth-order valence-electron chi connectivity index (χ4n) is 2.38. The number of nitrogens with two attached hydrogens (primary N) is 1. The fourth-order valence-corrected chi connectivity index (χ4v) is 4.06. The van der Waals surface area contributed by atoms with Gasteiger partial charge in [-0.1, -0.05) is 66.7 Å². The molecule has 25 heavy (non-hydrogen) atoms. The van der Waals surface area contributed by atoms with E-state index in [0.29, 0.717) is 17.1 Å². The topological polar surface area (TPSA) is 61.6 Å². The van der Waals surface area contributed by atoms with Gasteiger partial charge in [-0.2, -0.15) is 0 Å². The third-order valence-corrected chi connectivity index (χ3v) is 6.16. The quantitative estimate of drug-likeness (QED) is 0.621. The maximum absolute atomic E-state index is 13.8. The summed E-state index contributed by atoms with van der Waals surface area (Å²) in [5, 5.41) is -1.33. The van der Waals surface area contributed by atoms with Crippen LogP contribution in [0.25, 0.3) is 0 Å². The van der Waals surface area contributed by atoms with Crippen molar-refractivity contribution in [2.45, 2.75) is 12.2 Å². The molecule has 128 valence electrons. The van der Waals surface area contributed by atoms with Gasteiger partial charge in [-0.25, -0.2) is 4.57 Å². The van der Waals surface area contributed by atoms with E-state index in [9.17, 15) is 4.57 Å². The summed E-state index contributed by atoms with van der Waals surface area (Å²) in [5.41, 5.74) is 7.17. The van der Waals surface area contributed by atoms with Gasteiger partial charge in [0.25, 0.3) is 0 Å². The van der Waals surface area contributed by atoms with Crippen LogP contribution in [0.5, 0.6) is 11.5 Å². The summed E-state index contributed by atoms with van der Waals surface area (Å²) in [6.45, 7) is 1.66. The van der Waals surface area contributed by atoms with Crippen molar-refractivity contribution in [1.29, 1.82) is 0 Å². The maximum Gasteiger partial charge on any atom is 0.454 e. The number of hydrogen-bond donors (Lipinski definition) is 1. The van der Waals surface area contributed by atoms with Crippen LogP contribution in [-0.2, 0) is 9.85 Å². The van der Waals surface area contributed by atoms with Gasteiger partial charge in [-0.05, 0) is 36.8 Å². The third-order valence-electron chi connectivity index (χ3n) is 3.86. The Balaban J connectivity index is 2.03. The first-order chi connectivity index (χ1) is 12.0. The van der Waals surface area contributed by atoms with Crippen LogP contribution in [0.1, 0.15) is 12.5 Å². The Hall–Kier alpha value is -2.55. The first-order valence-corrected chi connectivity index (χ1v) is 9.49. The minimum atomic E-state index is -3.81. The van der Waals surface area contributed by atoms with Crippen LogP contribution in [-0.4, -0.2) is 0 Å². The summed E-state index contributed by atoms with van der Waals surface area (Å²) in [6.07, 6.45) is 0. The van der Waals surface area contributed by atoms with Crippen molar-refractivity contribution in [3.8, 4) is 11.5 Å². The summed E-state index contributed by atoms with van der Waals surface area (Å²) >= 11 is 0. The van der Waals surface area contributed by atoms with Crippen molar-refractivity contribution in [1.82, 2.24) is 0 Å². The molecule has 0 radical (unpaired) electrons. The van der Waals surface area contributed by atoms with E-state index in [1.54, 1.807) is 55.5 Å². The van der Waals surface area contributed by atoms with E-state index in [-0.39, 0.29) is 0 Å². The summed E-state index contributed by atoms with van der Waals surface area (Å²) < 4.78 is 25.5. The van der Waals surface area contributed by atoms with Gasteiger partial charge in [0.1, 0.15) is 11.5 Å². The average Bonchev–Trinajstić information content (AvgIpc) is 2.64. The van der Waals surface area contributed by atoms with E-state index < -0.39 is 12.9 Å². The van der Waals surface area contributed by atoms with E-state index in [2.05, 4.69) is 0 Å². The van der Waals surface area contributed by atoms with Crippen molar-refractivity contribution >= 4 is 7.60 Å². The molecule has 3 aromatic carbocycles. The van der Waals surface area contributed by atoms with Gasteiger partial charge in [0.15, 0.2) is 5.28 Å². The van der Waals surface area contributed by atoms with Crippen molar-refractivity contribution in [2.24, 2.45) is 5.73 Å². The van der Waals surface area contributed by atoms with Crippen LogP contribution in [0.15, 0.2) is 91.0 Å². The van der Waals surface area contributed by atoms with E-state index in [4.69, 9.17) is 14.8 Å². The lowest BCUT2D eigenvalue weighted by Gasteiger charge is -2.33. The van der Waals surface area contributed by atoms with Crippen molar-refractivity contribution in [3.63, 3.8) is 0 Å². The molecule has 0 amide bonds. The van der Waals surface area contributed by atoms with E-state index in [1.807, 2.05) is 42.5 Å². The molecular formula is C20H20NO3P. The second-order valence-corrected chi connectivity index (χ2v) is 8.11. The Labute approximate surface area is 147 Å². The summed E-state index contributed by atoms with van der Waals surface area (Å²) in [5.74, 6) is 0.878. The zero-order chi connectivity index (χ0) is 17.8. The Morgan fingerprint density at radius 2 is 1.08 bits per heavy atom. The molecule has 0 aliphatic rings. The molecule has 1 atom stereocenters. The Kier molecular flexibility index (Phi) is 4.93. The predicted octanol–water partition coefficient (Wildman–Crippen LogP) is 5.17. The van der Waals surface area contributed by atoms with Gasteiger partial charge in [-0.15, -0.1) is 0 Å². The molecule has 4 nitrogen and oxygen atoms in total. The largest absolute Gasteiger partial charge is 0.454 e. The molecular weight excluding hydrogens is 333 g/mol. The van der Waals surface area contributed by atoms with Crippen molar-refractivity contribution < 1.29 is 13.6 Å². The molecule has 0 saturated carbocycles. The molecule has 0 aliphatic carbocycles. The summed E-state index contributed by atoms with van der Waals surface area (Å²) in [4.78, 5) is 0. The molecule has 0 aromatic heterocycles. The Morgan fingerprint density at radius 1 is 0.720 bits per heavy atom. The van der Waals surface area contributed by atoms with Crippen molar-refractivity contribution in [3.05, 3.63) is 96.6 Å². The standard InChI is InChI=1S/C20H20NO3P/c1-20(21,17-11-5-2-6-12-17)25(22,23-18-13-7-3-8-14-18)24-19-15-9-4-10-16-19/h2-16H,21H2,1H3/t20-/m0/s1. The third kappa shape index (κ3) is 3.76. The van der Waals surface area contributed by atoms with E-state index in [1.165, 1.54) is 0 Å². The van der Waals surface area contributed by atoms with Crippen LogP contribution >= 0.6 is 7.60 Å². The van der Waals surface area contributed by atoms with Gasteiger partial charge in [-0.3, -0.25) is 0 Å². The second kappa shape index (κ2) is 7.14. The van der Waals surface area contributed by atoms with Gasteiger partial charge in [0, 0.05) is 0 Å². The lowest BCUT2D eigenvalue weighted by molar-refractivity contribution is 0.347. The highest BCUT2D eigenvalue weighted by atomic mass is 31.2. The first kappa shape index (κ1) is 17.3. The number of rotatable bonds is 6. The molecule has 0 bridgehead atoms. The van der Waals surface area contributed by atoms with E-state index >= 15 is 0 Å². The van der Waals surface area contributed by atoms with Crippen LogP contribution in [0.2, 0.25) is 0 Å². The monoisotopic (exact) mass is 353 g/mol. The first-order valence-electron chi connectivity index (χ1n) is 7.95. The zero-order valence-corrected chi connectivity index (χ0v) is 14.8. The smallest absolute Gasteiger partial charge is 0.415 e. The van der Waals surface area contributed by atoms with Crippen LogP contribution in [0.4, 0.5) is 0 Å². The highest BCUT2D eigenvalue weighted by molar-refractivity contribution is 7.55. The summed E-state index contributed by atoms with van der Waals surface area (Å²) in [6, 6.07) is 27.0. The Bertz CT molecular complexity index is 806. The SMILES string of the molecule is C[C@@](N)(c1ccccc1)P(=O)(Oc1ccccc1)Oc1ccccc1. The number of para-hydroxylation sites is 2. The highest BCUT2D eigenvalue weighted by Gasteiger charge is 2.49. The normalized spacial score (nSPS) is 13.7. The van der Waals surface area contributed by atoms with Gasteiger partial charge < -0.3 is 14.8 Å². The lowest BCUT2D eigenvalue weighted by atomic mass is 10.1. The molecule has 0 saturated heterocycles. The molecule has 0 heterocycles. The minimum absolute atomic E-state index is 0.439. The molecule has 0 aliphatic heterocycles. The van der Waals surface area contributed by atoms with Gasteiger partial charge >= 0.3 is 7.60 Å². The van der Waals surface area contributed by atoms with Gasteiger partial charge in [0.05, 0.1) is 0 Å². The fraction of sp³-hybridized carbons (Fsp3) is 0.100. The van der Waals surface area contributed by atoms with Crippen LogP contribution in [0.3, 0.4) is 0 Å².